The summed E-state index contributed by atoms with van der Waals surface area (Å²) in [7, 11) is 0. The highest BCUT2D eigenvalue weighted by Gasteiger charge is 2.14. The summed E-state index contributed by atoms with van der Waals surface area (Å²) in [6.07, 6.45) is 1.24. The van der Waals surface area contributed by atoms with Gasteiger partial charge >= 0.3 is 0 Å². The molecule has 2 N–H and O–H groups in total. The van der Waals surface area contributed by atoms with Crippen LogP contribution < -0.4 is 10.7 Å². The zero-order valence-corrected chi connectivity index (χ0v) is 12.1. The number of benzene rings is 2. The number of amides is 1. The first-order valence-corrected chi connectivity index (χ1v) is 6.82. The molecule has 0 radical (unpaired) electrons. The fraction of sp³-hybridized carbons (Fsp3) is 0. The highest BCUT2D eigenvalue weighted by atomic mass is 19.1. The topological polar surface area (TPSA) is 105 Å². The minimum atomic E-state index is -0.698. The highest BCUT2D eigenvalue weighted by molar-refractivity contribution is 6.05. The van der Waals surface area contributed by atoms with Crippen LogP contribution in [-0.4, -0.2) is 15.8 Å². The van der Waals surface area contributed by atoms with Gasteiger partial charge in [-0.15, -0.1) is 0 Å². The van der Waals surface area contributed by atoms with Gasteiger partial charge in [-0.1, -0.05) is 0 Å². The first-order chi connectivity index (χ1) is 11.5. The number of nitro benzene ring substituents is 1. The number of halogens is 1. The van der Waals surface area contributed by atoms with Crippen molar-refractivity contribution < 1.29 is 14.1 Å². The van der Waals surface area contributed by atoms with Crippen molar-refractivity contribution in [3.8, 4) is 0 Å². The van der Waals surface area contributed by atoms with Gasteiger partial charge in [-0.05, 0) is 30.3 Å². The van der Waals surface area contributed by atoms with Gasteiger partial charge in [0.25, 0.3) is 11.6 Å². The Labute approximate surface area is 133 Å². The molecule has 0 bridgehead atoms. The van der Waals surface area contributed by atoms with Gasteiger partial charge in [0.15, 0.2) is 0 Å². The van der Waals surface area contributed by atoms with E-state index in [9.17, 15) is 24.1 Å². The second kappa shape index (κ2) is 5.92. The molecule has 1 amide bonds. The van der Waals surface area contributed by atoms with E-state index in [1.165, 1.54) is 42.6 Å². The van der Waals surface area contributed by atoms with Gasteiger partial charge in [-0.3, -0.25) is 19.7 Å². The number of pyridine rings is 1. The molecule has 0 unspecified atom stereocenters. The highest BCUT2D eigenvalue weighted by Crippen LogP contribution is 2.16. The quantitative estimate of drug-likeness (QED) is 0.570. The number of aromatic amines is 1. The number of hydrogen-bond donors (Lipinski definition) is 2. The summed E-state index contributed by atoms with van der Waals surface area (Å²) in [5, 5.41) is 13.1. The normalized spacial score (nSPS) is 10.5. The van der Waals surface area contributed by atoms with Gasteiger partial charge in [0.1, 0.15) is 11.4 Å². The number of nitrogens with zero attached hydrogens (tertiary/aromatic N) is 1. The van der Waals surface area contributed by atoms with Crippen molar-refractivity contribution in [3.63, 3.8) is 0 Å². The first-order valence-electron chi connectivity index (χ1n) is 6.82. The molecule has 3 rings (SSSR count). The predicted molar refractivity (Wildman–Crippen MR) is 85.6 cm³/mol. The van der Waals surface area contributed by atoms with E-state index in [1.54, 1.807) is 0 Å². The maximum Gasteiger partial charge on any atom is 0.269 e. The number of carbonyl (C=O) groups is 1. The van der Waals surface area contributed by atoms with E-state index in [0.717, 1.165) is 6.07 Å². The zero-order valence-electron chi connectivity index (χ0n) is 12.1. The average Bonchev–Trinajstić information content (AvgIpc) is 2.56. The molecule has 7 nitrogen and oxygen atoms in total. The summed E-state index contributed by atoms with van der Waals surface area (Å²) in [6.45, 7) is 0. The Morgan fingerprint density at radius 1 is 1.17 bits per heavy atom. The second-order valence-corrected chi connectivity index (χ2v) is 4.98. The van der Waals surface area contributed by atoms with Crippen LogP contribution in [-0.2, 0) is 0 Å². The molecule has 0 saturated carbocycles. The number of rotatable bonds is 3. The van der Waals surface area contributed by atoms with Crippen molar-refractivity contribution >= 4 is 28.2 Å². The zero-order chi connectivity index (χ0) is 17.3. The van der Waals surface area contributed by atoms with Crippen LogP contribution in [0, 0.1) is 15.9 Å². The molecule has 2 aromatic carbocycles. The number of hydrogen-bond acceptors (Lipinski definition) is 4. The van der Waals surface area contributed by atoms with Crippen molar-refractivity contribution in [2.24, 2.45) is 0 Å². The monoisotopic (exact) mass is 327 g/mol. The lowest BCUT2D eigenvalue weighted by Gasteiger charge is -2.06. The molecule has 0 aliphatic carbocycles. The summed E-state index contributed by atoms with van der Waals surface area (Å²) in [5.41, 5.74) is -0.209. The fourth-order valence-corrected chi connectivity index (χ4v) is 2.22. The number of non-ortho nitro benzene ring substituents is 1. The molecule has 8 heteroatoms. The van der Waals surface area contributed by atoms with E-state index < -0.39 is 22.1 Å². The largest absolute Gasteiger partial charge is 0.360 e. The minimum absolute atomic E-state index is 0.0614. The molecule has 0 aliphatic heterocycles. The molecule has 0 atom stereocenters. The average molecular weight is 327 g/mol. The molecule has 3 aromatic rings. The maximum atomic E-state index is 13.3. The van der Waals surface area contributed by atoms with Crippen molar-refractivity contribution in [1.82, 2.24) is 4.98 Å². The van der Waals surface area contributed by atoms with Crippen molar-refractivity contribution in [2.75, 3.05) is 5.32 Å². The maximum absolute atomic E-state index is 13.3. The van der Waals surface area contributed by atoms with E-state index in [1.807, 2.05) is 0 Å². The molecule has 1 heterocycles. The van der Waals surface area contributed by atoms with Gasteiger partial charge in [-0.25, -0.2) is 4.39 Å². The van der Waals surface area contributed by atoms with Crippen LogP contribution >= 0.6 is 0 Å². The number of fused-ring (bicyclic) bond motifs is 1. The summed E-state index contributed by atoms with van der Waals surface area (Å²) in [6, 6.07) is 8.83. The molecular formula is C16H10FN3O4. The summed E-state index contributed by atoms with van der Waals surface area (Å²) in [5.74, 6) is -1.28. The molecule has 0 spiro atoms. The smallest absolute Gasteiger partial charge is 0.269 e. The van der Waals surface area contributed by atoms with Crippen molar-refractivity contribution in [3.05, 3.63) is 80.4 Å². The fourth-order valence-electron chi connectivity index (χ4n) is 2.22. The summed E-state index contributed by atoms with van der Waals surface area (Å²) < 4.78 is 13.3. The Kier molecular flexibility index (Phi) is 3.78. The lowest BCUT2D eigenvalue weighted by Crippen LogP contribution is -2.22. The molecule has 0 saturated heterocycles. The van der Waals surface area contributed by atoms with Gasteiger partial charge in [-0.2, -0.15) is 0 Å². The molecule has 1 aromatic heterocycles. The molecule has 0 aliphatic rings. The molecule has 120 valence electrons. The SMILES string of the molecule is O=C(Nc1ccc([N+](=O)[O-])cc1)c1c[nH]c2ccc(F)cc2c1=O. The van der Waals surface area contributed by atoms with Crippen LogP contribution in [0.2, 0.25) is 0 Å². The van der Waals surface area contributed by atoms with Crippen LogP contribution in [0.15, 0.2) is 53.5 Å². The van der Waals surface area contributed by atoms with Crippen LogP contribution in [0.25, 0.3) is 10.9 Å². The van der Waals surface area contributed by atoms with Crippen LogP contribution in [0.4, 0.5) is 15.8 Å². The van der Waals surface area contributed by atoms with Gasteiger partial charge in [0.2, 0.25) is 5.43 Å². The van der Waals surface area contributed by atoms with Gasteiger partial charge in [0, 0.05) is 34.9 Å². The summed E-state index contributed by atoms with van der Waals surface area (Å²) in [4.78, 5) is 37.3. The lowest BCUT2D eigenvalue weighted by molar-refractivity contribution is -0.384. The molecule has 0 fully saturated rings. The number of carbonyl (C=O) groups excluding carboxylic acids is 1. The van der Waals surface area contributed by atoms with E-state index in [0.29, 0.717) is 11.2 Å². The Bertz CT molecular complexity index is 1010. The van der Waals surface area contributed by atoms with Gasteiger partial charge < -0.3 is 10.3 Å². The van der Waals surface area contributed by atoms with Crippen molar-refractivity contribution in [2.45, 2.75) is 0 Å². The van der Waals surface area contributed by atoms with E-state index in [4.69, 9.17) is 0 Å². The number of anilines is 1. The number of nitrogens with one attached hydrogen (secondary N) is 2. The predicted octanol–water partition coefficient (Wildman–Crippen LogP) is 2.83. The molecular weight excluding hydrogens is 317 g/mol. The van der Waals surface area contributed by atoms with Crippen molar-refractivity contribution in [1.29, 1.82) is 0 Å². The minimum Gasteiger partial charge on any atom is -0.360 e. The number of H-pyrrole nitrogens is 1. The van der Waals surface area contributed by atoms with E-state index in [2.05, 4.69) is 10.3 Å². The first kappa shape index (κ1) is 15.3. The van der Waals surface area contributed by atoms with E-state index >= 15 is 0 Å². The number of aromatic nitrogens is 1. The van der Waals surface area contributed by atoms with Crippen LogP contribution in [0.5, 0.6) is 0 Å². The number of nitro groups is 1. The van der Waals surface area contributed by atoms with Crippen LogP contribution in [0.1, 0.15) is 10.4 Å². The van der Waals surface area contributed by atoms with E-state index in [-0.39, 0.29) is 16.6 Å². The third kappa shape index (κ3) is 2.84. The van der Waals surface area contributed by atoms with Gasteiger partial charge in [0.05, 0.1) is 4.92 Å². The summed E-state index contributed by atoms with van der Waals surface area (Å²) >= 11 is 0. The standard InChI is InChI=1S/C16H10FN3O4/c17-9-1-6-14-12(7-9)15(21)13(8-18-14)16(22)19-10-2-4-11(5-3-10)20(23)24/h1-8H,(H,18,21)(H,19,22). The third-order valence-electron chi connectivity index (χ3n) is 3.42. The lowest BCUT2D eigenvalue weighted by atomic mass is 10.1. The Morgan fingerprint density at radius 3 is 2.54 bits per heavy atom. The van der Waals surface area contributed by atoms with Crippen LogP contribution in [0.3, 0.4) is 0 Å². The Balaban J connectivity index is 1.92. The Morgan fingerprint density at radius 2 is 1.88 bits per heavy atom. The molecule has 24 heavy (non-hydrogen) atoms. The third-order valence-corrected chi connectivity index (χ3v) is 3.42. The Hall–Kier alpha value is -3.55. The second-order valence-electron chi connectivity index (χ2n) is 4.98.